The lowest BCUT2D eigenvalue weighted by Gasteiger charge is -2.30. The van der Waals surface area contributed by atoms with Crippen molar-refractivity contribution in [3.05, 3.63) is 125 Å². The third kappa shape index (κ3) is 5.04. The number of amides is 1. The number of hydrogen-bond acceptors (Lipinski definition) is 3. The van der Waals surface area contributed by atoms with Gasteiger partial charge in [-0.15, -0.1) is 0 Å². The van der Waals surface area contributed by atoms with Crippen molar-refractivity contribution < 1.29 is 13.2 Å². The first kappa shape index (κ1) is 23.7. The van der Waals surface area contributed by atoms with Gasteiger partial charge in [0.1, 0.15) is 6.04 Å². The third-order valence-corrected chi connectivity index (χ3v) is 7.60. The maximum absolute atomic E-state index is 13.9. The fourth-order valence-electron chi connectivity index (χ4n) is 3.89. The molecular weight excluding hydrogens is 468 g/mol. The van der Waals surface area contributed by atoms with Crippen LogP contribution in [0.15, 0.2) is 114 Å². The second-order valence-electron chi connectivity index (χ2n) is 7.74. The Hall–Kier alpha value is -3.45. The van der Waals surface area contributed by atoms with Crippen LogP contribution in [-0.2, 0) is 21.4 Å². The summed E-state index contributed by atoms with van der Waals surface area (Å²) in [7, 11) is -4.13. The molecule has 7 heteroatoms. The van der Waals surface area contributed by atoms with Gasteiger partial charge in [-0.05, 0) is 46.5 Å². The molecule has 172 valence electrons. The number of nitrogens with two attached hydrogens (primary N) is 1. The van der Waals surface area contributed by atoms with E-state index in [1.54, 1.807) is 30.3 Å². The molecule has 0 heterocycles. The summed E-state index contributed by atoms with van der Waals surface area (Å²) in [6.07, 6.45) is 0. The summed E-state index contributed by atoms with van der Waals surface area (Å²) in [5, 5.41) is 0.412. The van der Waals surface area contributed by atoms with E-state index < -0.39 is 22.0 Å². The Bertz CT molecular complexity index is 1380. The summed E-state index contributed by atoms with van der Waals surface area (Å²) in [6, 6.07) is 30.6. The van der Waals surface area contributed by atoms with Gasteiger partial charge in [0.25, 0.3) is 0 Å². The highest BCUT2D eigenvalue weighted by atomic mass is 35.5. The normalized spacial score (nSPS) is 12.4. The maximum Gasteiger partial charge on any atom is 0.244 e. The van der Waals surface area contributed by atoms with Crippen molar-refractivity contribution in [2.75, 3.05) is 0 Å². The molecule has 34 heavy (non-hydrogen) atoms. The number of carbonyl (C=O) groups is 1. The summed E-state index contributed by atoms with van der Waals surface area (Å²) in [4.78, 5) is 12.7. The number of hydrogen-bond donors (Lipinski definition) is 1. The summed E-state index contributed by atoms with van der Waals surface area (Å²) in [6.45, 7) is -0.0570. The van der Waals surface area contributed by atoms with Crippen LogP contribution in [0.5, 0.6) is 0 Å². The quantitative estimate of drug-likeness (QED) is 0.358. The SMILES string of the molecule is NC(=O)C(c1ccccc1)N(Cc1ccccc1-c1ccccc1)S(=O)(=O)c1ccc(Cl)cc1. The Morgan fingerprint density at radius 2 is 1.35 bits per heavy atom. The maximum atomic E-state index is 13.9. The van der Waals surface area contributed by atoms with E-state index in [9.17, 15) is 13.2 Å². The van der Waals surface area contributed by atoms with E-state index in [1.165, 1.54) is 24.3 Å². The number of halogens is 1. The molecule has 1 unspecified atom stereocenters. The number of carbonyl (C=O) groups excluding carboxylic acids is 1. The van der Waals surface area contributed by atoms with Gasteiger partial charge in [-0.2, -0.15) is 4.31 Å². The molecule has 0 saturated heterocycles. The van der Waals surface area contributed by atoms with Gasteiger partial charge in [-0.1, -0.05) is 96.5 Å². The van der Waals surface area contributed by atoms with Gasteiger partial charge in [0, 0.05) is 11.6 Å². The van der Waals surface area contributed by atoms with Crippen LogP contribution in [0.25, 0.3) is 11.1 Å². The molecule has 4 aromatic carbocycles. The van der Waals surface area contributed by atoms with E-state index >= 15 is 0 Å². The Morgan fingerprint density at radius 3 is 1.97 bits per heavy atom. The predicted octanol–water partition coefficient (Wildman–Crippen LogP) is 5.42. The van der Waals surface area contributed by atoms with Crippen molar-refractivity contribution >= 4 is 27.5 Å². The fraction of sp³-hybridized carbons (Fsp3) is 0.0741. The first-order valence-corrected chi connectivity index (χ1v) is 12.4. The highest BCUT2D eigenvalue weighted by Crippen LogP contribution is 2.33. The minimum Gasteiger partial charge on any atom is -0.368 e. The molecule has 2 N–H and O–H groups in total. The highest BCUT2D eigenvalue weighted by molar-refractivity contribution is 7.89. The first-order valence-electron chi connectivity index (χ1n) is 10.6. The fourth-order valence-corrected chi connectivity index (χ4v) is 5.58. The van der Waals surface area contributed by atoms with Gasteiger partial charge < -0.3 is 5.73 Å². The molecule has 4 rings (SSSR count). The third-order valence-electron chi connectivity index (χ3n) is 5.52. The lowest BCUT2D eigenvalue weighted by Crippen LogP contribution is -2.41. The van der Waals surface area contributed by atoms with Gasteiger partial charge in [0.15, 0.2) is 0 Å². The highest BCUT2D eigenvalue weighted by Gasteiger charge is 2.36. The molecule has 0 aliphatic rings. The van der Waals surface area contributed by atoms with Crippen molar-refractivity contribution in [1.29, 1.82) is 0 Å². The Balaban J connectivity index is 1.87. The minimum atomic E-state index is -4.13. The van der Waals surface area contributed by atoms with E-state index in [0.29, 0.717) is 10.6 Å². The van der Waals surface area contributed by atoms with Crippen LogP contribution in [0.1, 0.15) is 17.2 Å². The summed E-state index contributed by atoms with van der Waals surface area (Å²) < 4.78 is 28.9. The Morgan fingerprint density at radius 1 is 0.794 bits per heavy atom. The minimum absolute atomic E-state index is 0.0243. The molecule has 0 saturated carbocycles. The first-order chi connectivity index (χ1) is 16.4. The van der Waals surface area contributed by atoms with Crippen LogP contribution in [0.3, 0.4) is 0 Å². The second-order valence-corrected chi connectivity index (χ2v) is 10.1. The average molecular weight is 491 g/mol. The van der Waals surface area contributed by atoms with Gasteiger partial charge in [0.05, 0.1) is 4.90 Å². The van der Waals surface area contributed by atoms with E-state index in [-0.39, 0.29) is 11.4 Å². The molecule has 0 aliphatic heterocycles. The predicted molar refractivity (Wildman–Crippen MR) is 134 cm³/mol. The van der Waals surface area contributed by atoms with Gasteiger partial charge in [-0.25, -0.2) is 8.42 Å². The topological polar surface area (TPSA) is 80.5 Å². The Kier molecular flexibility index (Phi) is 7.12. The number of benzene rings is 4. The zero-order valence-electron chi connectivity index (χ0n) is 18.2. The van der Waals surface area contributed by atoms with Gasteiger partial charge in [-0.3, -0.25) is 4.79 Å². The summed E-state index contributed by atoms with van der Waals surface area (Å²) >= 11 is 5.99. The molecule has 0 radical (unpaired) electrons. The lowest BCUT2D eigenvalue weighted by atomic mass is 9.99. The second kappa shape index (κ2) is 10.2. The smallest absolute Gasteiger partial charge is 0.244 e. The molecule has 0 spiro atoms. The number of sulfonamides is 1. The molecule has 0 bridgehead atoms. The van der Waals surface area contributed by atoms with Crippen LogP contribution >= 0.6 is 11.6 Å². The lowest BCUT2D eigenvalue weighted by molar-refractivity contribution is -0.122. The monoisotopic (exact) mass is 490 g/mol. The van der Waals surface area contributed by atoms with Crippen molar-refractivity contribution in [2.45, 2.75) is 17.5 Å². The van der Waals surface area contributed by atoms with E-state index in [4.69, 9.17) is 17.3 Å². The standard InChI is InChI=1S/C27H23ClN2O3S/c28-23-15-17-24(18-16-23)34(32,33)30(26(27(29)31)21-11-5-2-6-12-21)19-22-13-7-8-14-25(22)20-9-3-1-4-10-20/h1-18,26H,19H2,(H2,29,31). The van der Waals surface area contributed by atoms with E-state index in [0.717, 1.165) is 21.0 Å². The van der Waals surface area contributed by atoms with Crippen LogP contribution in [0.2, 0.25) is 5.02 Å². The van der Waals surface area contributed by atoms with Crippen molar-refractivity contribution in [3.8, 4) is 11.1 Å². The van der Waals surface area contributed by atoms with Crippen LogP contribution in [-0.4, -0.2) is 18.6 Å². The van der Waals surface area contributed by atoms with Crippen LogP contribution in [0.4, 0.5) is 0 Å². The average Bonchev–Trinajstić information content (AvgIpc) is 2.85. The largest absolute Gasteiger partial charge is 0.368 e. The molecular formula is C27H23ClN2O3S. The number of nitrogens with zero attached hydrogens (tertiary/aromatic N) is 1. The molecule has 0 fully saturated rings. The van der Waals surface area contributed by atoms with Crippen LogP contribution in [0, 0.1) is 0 Å². The van der Waals surface area contributed by atoms with Crippen molar-refractivity contribution in [2.24, 2.45) is 5.73 Å². The van der Waals surface area contributed by atoms with Crippen molar-refractivity contribution in [1.82, 2.24) is 4.31 Å². The molecule has 0 aromatic heterocycles. The molecule has 5 nitrogen and oxygen atoms in total. The van der Waals surface area contributed by atoms with Crippen molar-refractivity contribution in [3.63, 3.8) is 0 Å². The van der Waals surface area contributed by atoms with Gasteiger partial charge >= 0.3 is 0 Å². The van der Waals surface area contributed by atoms with Gasteiger partial charge in [0.2, 0.25) is 15.9 Å². The number of primary amides is 1. The zero-order valence-corrected chi connectivity index (χ0v) is 19.8. The molecule has 4 aromatic rings. The van der Waals surface area contributed by atoms with E-state index in [2.05, 4.69) is 0 Å². The summed E-state index contributed by atoms with van der Waals surface area (Å²) in [5.74, 6) is -0.763. The van der Waals surface area contributed by atoms with Crippen LogP contribution < -0.4 is 5.73 Å². The molecule has 0 aliphatic carbocycles. The van der Waals surface area contributed by atoms with E-state index in [1.807, 2.05) is 54.6 Å². The summed E-state index contributed by atoms with van der Waals surface area (Å²) in [5.41, 5.74) is 8.85. The molecule has 1 amide bonds. The molecule has 1 atom stereocenters. The zero-order chi connectivity index (χ0) is 24.1. The Labute approximate surface area is 204 Å². The number of rotatable bonds is 8.